The van der Waals surface area contributed by atoms with Crippen molar-refractivity contribution in [2.45, 2.75) is 19.3 Å². The number of hydrogen-bond donors (Lipinski definition) is 1. The number of rotatable bonds is 6. The molecule has 1 saturated heterocycles. The maximum atomic E-state index is 12.0. The van der Waals surface area contributed by atoms with Crippen molar-refractivity contribution < 1.29 is 9.53 Å². The molecule has 0 radical (unpaired) electrons. The van der Waals surface area contributed by atoms with E-state index in [1.807, 2.05) is 35.2 Å². The Labute approximate surface area is 131 Å². The number of methoxy groups -OCH3 is 1. The van der Waals surface area contributed by atoms with Crippen molar-refractivity contribution in [3.63, 3.8) is 0 Å². The van der Waals surface area contributed by atoms with E-state index in [0.29, 0.717) is 6.54 Å². The first-order valence-electron chi connectivity index (χ1n) is 7.50. The molecule has 5 nitrogen and oxygen atoms in total. The predicted octanol–water partition coefficient (Wildman–Crippen LogP) is 1.86. The first kappa shape index (κ1) is 15.9. The number of nitriles is 1. The molecule has 0 unspecified atom stereocenters. The van der Waals surface area contributed by atoms with Crippen LogP contribution in [0.2, 0.25) is 0 Å². The van der Waals surface area contributed by atoms with Crippen molar-refractivity contribution in [3.05, 3.63) is 41.6 Å². The van der Waals surface area contributed by atoms with Crippen LogP contribution >= 0.6 is 0 Å². The van der Waals surface area contributed by atoms with E-state index in [0.717, 1.165) is 43.7 Å². The molecule has 5 heteroatoms. The number of hydrogen-bond acceptors (Lipinski definition) is 4. The topological polar surface area (TPSA) is 65.4 Å². The molecular formula is C17H21N3O2. The SMILES string of the molecule is COc1ccc(CCNC(=O)/C(C#N)=C\N2CCCC2)cc1. The van der Waals surface area contributed by atoms with Crippen LogP contribution in [0.4, 0.5) is 0 Å². The molecule has 2 rings (SSSR count). The second-order valence-corrected chi connectivity index (χ2v) is 5.25. The summed E-state index contributed by atoms with van der Waals surface area (Å²) in [6, 6.07) is 9.71. The summed E-state index contributed by atoms with van der Waals surface area (Å²) < 4.78 is 5.10. The standard InChI is InChI=1S/C17H21N3O2/c1-22-16-6-4-14(5-7-16)8-9-19-17(21)15(12-18)13-20-10-2-3-11-20/h4-7,13H,2-3,8-11H2,1H3,(H,19,21)/b15-13-. The Kier molecular flexibility index (Phi) is 5.84. The van der Waals surface area contributed by atoms with Gasteiger partial charge in [-0.1, -0.05) is 12.1 Å². The maximum absolute atomic E-state index is 12.0. The number of amides is 1. The van der Waals surface area contributed by atoms with Crippen LogP contribution in [0.25, 0.3) is 0 Å². The van der Waals surface area contributed by atoms with E-state index in [9.17, 15) is 4.79 Å². The highest BCUT2D eigenvalue weighted by Gasteiger charge is 2.13. The molecule has 1 aliphatic rings. The number of nitrogens with one attached hydrogen (secondary N) is 1. The zero-order chi connectivity index (χ0) is 15.8. The monoisotopic (exact) mass is 299 g/mol. The fraction of sp³-hybridized carbons (Fsp3) is 0.412. The molecule has 0 aliphatic carbocycles. The Morgan fingerprint density at radius 2 is 2.05 bits per heavy atom. The lowest BCUT2D eigenvalue weighted by Gasteiger charge is -2.12. The fourth-order valence-electron chi connectivity index (χ4n) is 2.40. The number of benzene rings is 1. The van der Waals surface area contributed by atoms with Gasteiger partial charge in [0.2, 0.25) is 0 Å². The van der Waals surface area contributed by atoms with E-state index in [4.69, 9.17) is 10.00 Å². The molecule has 1 aromatic carbocycles. The number of ether oxygens (including phenoxy) is 1. The van der Waals surface area contributed by atoms with Crippen LogP contribution in [-0.4, -0.2) is 37.6 Å². The highest BCUT2D eigenvalue weighted by atomic mass is 16.5. The molecular weight excluding hydrogens is 278 g/mol. The van der Waals surface area contributed by atoms with Gasteiger partial charge >= 0.3 is 0 Å². The highest BCUT2D eigenvalue weighted by molar-refractivity contribution is 5.97. The smallest absolute Gasteiger partial charge is 0.263 e. The molecule has 0 atom stereocenters. The average Bonchev–Trinajstić information content (AvgIpc) is 3.06. The number of carbonyl (C=O) groups excluding carboxylic acids is 1. The van der Waals surface area contributed by atoms with Gasteiger partial charge in [-0.25, -0.2) is 0 Å². The number of nitrogens with zero attached hydrogens (tertiary/aromatic N) is 2. The lowest BCUT2D eigenvalue weighted by Crippen LogP contribution is -2.28. The quantitative estimate of drug-likeness (QED) is 0.643. The van der Waals surface area contributed by atoms with Crippen molar-refractivity contribution in [1.82, 2.24) is 10.2 Å². The maximum Gasteiger partial charge on any atom is 0.263 e. The third-order valence-electron chi connectivity index (χ3n) is 3.68. The Balaban J connectivity index is 1.81. The van der Waals surface area contributed by atoms with E-state index in [1.54, 1.807) is 13.3 Å². The van der Waals surface area contributed by atoms with E-state index >= 15 is 0 Å². The van der Waals surface area contributed by atoms with Crippen LogP contribution in [0.1, 0.15) is 18.4 Å². The first-order valence-corrected chi connectivity index (χ1v) is 7.50. The molecule has 1 fully saturated rings. The van der Waals surface area contributed by atoms with Crippen LogP contribution in [-0.2, 0) is 11.2 Å². The van der Waals surface area contributed by atoms with Gasteiger partial charge in [0.1, 0.15) is 17.4 Å². The van der Waals surface area contributed by atoms with E-state index in [1.165, 1.54) is 0 Å². The van der Waals surface area contributed by atoms with E-state index in [2.05, 4.69) is 5.32 Å². The molecule has 1 N–H and O–H groups in total. The van der Waals surface area contributed by atoms with Crippen LogP contribution in [0.5, 0.6) is 5.75 Å². The van der Waals surface area contributed by atoms with E-state index < -0.39 is 0 Å². The lowest BCUT2D eigenvalue weighted by molar-refractivity contribution is -0.117. The molecule has 116 valence electrons. The van der Waals surface area contributed by atoms with Crippen molar-refractivity contribution >= 4 is 5.91 Å². The molecule has 0 saturated carbocycles. The van der Waals surface area contributed by atoms with Gasteiger partial charge in [0.15, 0.2) is 0 Å². The molecule has 1 amide bonds. The van der Waals surface area contributed by atoms with Crippen LogP contribution in [0.3, 0.4) is 0 Å². The zero-order valence-electron chi connectivity index (χ0n) is 12.8. The van der Waals surface area contributed by atoms with Gasteiger partial charge in [-0.3, -0.25) is 4.79 Å². The van der Waals surface area contributed by atoms with Gasteiger partial charge in [0.25, 0.3) is 5.91 Å². The molecule has 1 aromatic rings. The Morgan fingerprint density at radius 1 is 1.36 bits per heavy atom. The third kappa shape index (κ3) is 4.52. The summed E-state index contributed by atoms with van der Waals surface area (Å²) in [5.41, 5.74) is 1.29. The third-order valence-corrected chi connectivity index (χ3v) is 3.68. The van der Waals surface area contributed by atoms with Gasteiger partial charge in [-0.05, 0) is 37.0 Å². The van der Waals surface area contributed by atoms with E-state index in [-0.39, 0.29) is 11.5 Å². The highest BCUT2D eigenvalue weighted by Crippen LogP contribution is 2.12. The second kappa shape index (κ2) is 8.08. The largest absolute Gasteiger partial charge is 0.497 e. The predicted molar refractivity (Wildman–Crippen MR) is 84.2 cm³/mol. The minimum absolute atomic E-state index is 0.177. The second-order valence-electron chi connectivity index (χ2n) is 5.25. The summed E-state index contributed by atoms with van der Waals surface area (Å²) >= 11 is 0. The van der Waals surface area contributed by atoms with Crippen LogP contribution in [0, 0.1) is 11.3 Å². The molecule has 22 heavy (non-hydrogen) atoms. The van der Waals surface area contributed by atoms with Gasteiger partial charge in [0.05, 0.1) is 7.11 Å². The molecule has 0 bridgehead atoms. The zero-order valence-corrected chi connectivity index (χ0v) is 12.8. The van der Waals surface area contributed by atoms with Crippen LogP contribution < -0.4 is 10.1 Å². The molecule has 1 aliphatic heterocycles. The Hall–Kier alpha value is -2.48. The van der Waals surface area contributed by atoms with Crippen molar-refractivity contribution in [2.75, 3.05) is 26.7 Å². The summed E-state index contributed by atoms with van der Waals surface area (Å²) in [5, 5.41) is 11.9. The normalized spacial score (nSPS) is 14.5. The summed E-state index contributed by atoms with van der Waals surface area (Å²) in [4.78, 5) is 14.0. The summed E-state index contributed by atoms with van der Waals surface area (Å²) in [7, 11) is 1.63. The minimum atomic E-state index is -0.303. The van der Waals surface area contributed by atoms with Gasteiger partial charge in [-0.2, -0.15) is 5.26 Å². The molecule has 1 heterocycles. The number of likely N-dealkylation sites (tertiary alicyclic amines) is 1. The molecule has 0 spiro atoms. The fourth-order valence-corrected chi connectivity index (χ4v) is 2.40. The van der Waals surface area contributed by atoms with Crippen LogP contribution in [0.15, 0.2) is 36.0 Å². The summed E-state index contributed by atoms with van der Waals surface area (Å²) in [5.74, 6) is 0.510. The first-order chi connectivity index (χ1) is 10.7. The van der Waals surface area contributed by atoms with Crippen molar-refractivity contribution in [1.29, 1.82) is 5.26 Å². The minimum Gasteiger partial charge on any atom is -0.497 e. The van der Waals surface area contributed by atoms with Gasteiger partial charge < -0.3 is 15.0 Å². The Morgan fingerprint density at radius 3 is 2.64 bits per heavy atom. The van der Waals surface area contributed by atoms with Crippen molar-refractivity contribution in [2.24, 2.45) is 0 Å². The van der Waals surface area contributed by atoms with Crippen molar-refractivity contribution in [3.8, 4) is 11.8 Å². The lowest BCUT2D eigenvalue weighted by atomic mass is 10.1. The number of carbonyl (C=O) groups is 1. The summed E-state index contributed by atoms with van der Waals surface area (Å²) in [6.45, 7) is 2.35. The Bertz CT molecular complexity index is 567. The van der Waals surface area contributed by atoms with Gasteiger partial charge in [0, 0.05) is 25.8 Å². The van der Waals surface area contributed by atoms with Gasteiger partial charge in [-0.15, -0.1) is 0 Å². The summed E-state index contributed by atoms with van der Waals surface area (Å²) in [6.07, 6.45) is 4.64. The molecule has 0 aromatic heterocycles. The average molecular weight is 299 g/mol.